The van der Waals surface area contributed by atoms with Gasteiger partial charge in [0.2, 0.25) is 0 Å². The van der Waals surface area contributed by atoms with Crippen molar-refractivity contribution < 1.29 is 23.6 Å². The lowest BCUT2D eigenvalue weighted by Gasteiger charge is -2.11. The minimum Gasteiger partial charge on any atom is -0.486 e. The first-order valence-electron chi connectivity index (χ1n) is 10.6. The number of halogens is 1. The zero-order chi connectivity index (χ0) is 24.9. The molecule has 178 valence electrons. The number of nitrogens with zero attached hydrogens (tertiary/aromatic N) is 1. The normalized spacial score (nSPS) is 10.6. The molecule has 0 fully saturated rings. The standard InChI is InChI=1S/C26H21ClN2O6/c1-16-6-7-17(2)25(10-16)35-23-13-19(12-20(14-23)29(31)32)28-26(30)24-9-8-22(34-24)15-33-21-5-3-4-18(27)11-21/h3-14H,15H2,1-2H3,(H,28,30). The van der Waals surface area contributed by atoms with Crippen molar-refractivity contribution >= 4 is 28.9 Å². The van der Waals surface area contributed by atoms with Crippen LogP contribution in [-0.4, -0.2) is 10.8 Å². The van der Waals surface area contributed by atoms with Crippen LogP contribution in [0.15, 0.2) is 77.2 Å². The summed E-state index contributed by atoms with van der Waals surface area (Å²) in [7, 11) is 0. The highest BCUT2D eigenvalue weighted by Crippen LogP contribution is 2.32. The maximum atomic E-state index is 12.7. The summed E-state index contributed by atoms with van der Waals surface area (Å²) in [5.41, 5.74) is 1.82. The van der Waals surface area contributed by atoms with E-state index < -0.39 is 10.8 Å². The highest BCUT2D eigenvalue weighted by Gasteiger charge is 2.17. The molecule has 0 atom stereocenters. The zero-order valence-electron chi connectivity index (χ0n) is 18.9. The van der Waals surface area contributed by atoms with Gasteiger partial charge in [-0.3, -0.25) is 14.9 Å². The average Bonchev–Trinajstić information content (AvgIpc) is 3.29. The van der Waals surface area contributed by atoms with Gasteiger partial charge in [-0.25, -0.2) is 0 Å². The molecule has 4 aromatic rings. The molecule has 0 bridgehead atoms. The second kappa shape index (κ2) is 10.3. The number of nitro benzene ring substituents is 1. The smallest absolute Gasteiger partial charge is 0.291 e. The van der Waals surface area contributed by atoms with Crippen LogP contribution in [0.5, 0.6) is 17.2 Å². The van der Waals surface area contributed by atoms with Gasteiger partial charge in [-0.1, -0.05) is 29.8 Å². The van der Waals surface area contributed by atoms with Crippen molar-refractivity contribution in [1.29, 1.82) is 0 Å². The maximum absolute atomic E-state index is 12.7. The van der Waals surface area contributed by atoms with Gasteiger partial charge < -0.3 is 19.2 Å². The minimum atomic E-state index is -0.572. The van der Waals surface area contributed by atoms with E-state index in [0.29, 0.717) is 22.3 Å². The molecule has 1 amide bonds. The molecule has 35 heavy (non-hydrogen) atoms. The molecule has 0 aliphatic rings. The summed E-state index contributed by atoms with van der Waals surface area (Å²) < 4.78 is 17.1. The Kier molecular flexibility index (Phi) is 7.03. The molecule has 0 radical (unpaired) electrons. The fourth-order valence-electron chi connectivity index (χ4n) is 3.25. The number of ether oxygens (including phenoxy) is 2. The Morgan fingerprint density at radius 1 is 1.03 bits per heavy atom. The molecule has 0 saturated heterocycles. The Hall–Kier alpha value is -4.30. The summed E-state index contributed by atoms with van der Waals surface area (Å²) in [5, 5.41) is 14.6. The predicted octanol–water partition coefficient (Wildman–Crippen LogP) is 7.08. The van der Waals surface area contributed by atoms with E-state index in [2.05, 4.69) is 5.32 Å². The molecule has 9 heteroatoms. The van der Waals surface area contributed by atoms with Gasteiger partial charge >= 0.3 is 0 Å². The van der Waals surface area contributed by atoms with Gasteiger partial charge in [-0.2, -0.15) is 0 Å². The number of aryl methyl sites for hydroxylation is 2. The van der Waals surface area contributed by atoms with Gasteiger partial charge in [0.15, 0.2) is 5.76 Å². The molecule has 3 aromatic carbocycles. The molecule has 4 rings (SSSR count). The minimum absolute atomic E-state index is 0.0261. The number of hydrogen-bond acceptors (Lipinski definition) is 6. The number of amides is 1. The van der Waals surface area contributed by atoms with Crippen LogP contribution in [-0.2, 0) is 6.61 Å². The van der Waals surface area contributed by atoms with E-state index in [0.717, 1.165) is 11.1 Å². The number of hydrogen-bond donors (Lipinski definition) is 1. The van der Waals surface area contributed by atoms with Crippen LogP contribution in [0.25, 0.3) is 0 Å². The van der Waals surface area contributed by atoms with Gasteiger partial charge in [0.1, 0.15) is 29.6 Å². The number of carbonyl (C=O) groups is 1. The fourth-order valence-corrected chi connectivity index (χ4v) is 3.43. The number of benzene rings is 3. The van der Waals surface area contributed by atoms with Crippen LogP contribution in [0.1, 0.15) is 27.4 Å². The summed E-state index contributed by atoms with van der Waals surface area (Å²) in [6.07, 6.45) is 0. The van der Waals surface area contributed by atoms with Crippen LogP contribution < -0.4 is 14.8 Å². The van der Waals surface area contributed by atoms with Crippen LogP contribution >= 0.6 is 11.6 Å². The highest BCUT2D eigenvalue weighted by molar-refractivity contribution is 6.30. The Morgan fingerprint density at radius 2 is 1.86 bits per heavy atom. The largest absolute Gasteiger partial charge is 0.486 e. The van der Waals surface area contributed by atoms with Gasteiger partial charge in [-0.05, 0) is 61.4 Å². The van der Waals surface area contributed by atoms with E-state index in [1.165, 1.54) is 24.3 Å². The molecular weight excluding hydrogens is 472 g/mol. The van der Waals surface area contributed by atoms with Crippen LogP contribution in [0.4, 0.5) is 11.4 Å². The number of nitro groups is 1. The third kappa shape index (κ3) is 6.18. The molecule has 0 saturated carbocycles. The van der Waals surface area contributed by atoms with E-state index in [9.17, 15) is 14.9 Å². The number of furan rings is 1. The van der Waals surface area contributed by atoms with Gasteiger partial charge in [0.25, 0.3) is 11.6 Å². The summed E-state index contributed by atoms with van der Waals surface area (Å²) in [6, 6.07) is 19.8. The third-order valence-corrected chi connectivity index (χ3v) is 5.23. The van der Waals surface area contributed by atoms with Crippen molar-refractivity contribution in [1.82, 2.24) is 0 Å². The molecule has 1 aromatic heterocycles. The van der Waals surface area contributed by atoms with Crippen molar-refractivity contribution in [2.45, 2.75) is 20.5 Å². The monoisotopic (exact) mass is 492 g/mol. The quantitative estimate of drug-likeness (QED) is 0.208. The Labute approximate surface area is 206 Å². The summed E-state index contributed by atoms with van der Waals surface area (Å²) in [4.78, 5) is 23.6. The predicted molar refractivity (Wildman–Crippen MR) is 132 cm³/mol. The van der Waals surface area contributed by atoms with Gasteiger partial charge in [0, 0.05) is 17.2 Å². The maximum Gasteiger partial charge on any atom is 0.291 e. The first kappa shape index (κ1) is 23.8. The molecule has 1 N–H and O–H groups in total. The van der Waals surface area contributed by atoms with Crippen LogP contribution in [0.3, 0.4) is 0 Å². The lowest BCUT2D eigenvalue weighted by atomic mass is 10.1. The topological polar surface area (TPSA) is 104 Å². The van der Waals surface area contributed by atoms with Crippen LogP contribution in [0.2, 0.25) is 5.02 Å². The first-order valence-corrected chi connectivity index (χ1v) is 11.0. The molecule has 0 spiro atoms. The molecule has 0 unspecified atom stereocenters. The molecular formula is C26H21ClN2O6. The Bertz CT molecular complexity index is 1400. The molecule has 0 aliphatic heterocycles. The fraction of sp³-hybridized carbons (Fsp3) is 0.115. The summed E-state index contributed by atoms with van der Waals surface area (Å²) in [5.74, 6) is 1.23. The van der Waals surface area contributed by atoms with E-state index in [1.54, 1.807) is 30.3 Å². The lowest BCUT2D eigenvalue weighted by Crippen LogP contribution is -2.11. The summed E-state index contributed by atoms with van der Waals surface area (Å²) >= 11 is 5.94. The van der Waals surface area contributed by atoms with Crippen molar-refractivity contribution in [3.05, 3.63) is 111 Å². The molecule has 0 aliphatic carbocycles. The van der Waals surface area contributed by atoms with Gasteiger partial charge in [0.05, 0.1) is 16.7 Å². The second-order valence-electron chi connectivity index (χ2n) is 7.81. The molecule has 1 heterocycles. The SMILES string of the molecule is Cc1ccc(C)c(Oc2cc(NC(=O)c3ccc(COc4cccc(Cl)c4)o3)cc([N+](=O)[O-])c2)c1. The average molecular weight is 493 g/mol. The van der Waals surface area contributed by atoms with Crippen molar-refractivity contribution in [3.63, 3.8) is 0 Å². The van der Waals surface area contributed by atoms with Crippen molar-refractivity contribution in [2.75, 3.05) is 5.32 Å². The van der Waals surface area contributed by atoms with Crippen molar-refractivity contribution in [3.8, 4) is 17.2 Å². The van der Waals surface area contributed by atoms with Crippen LogP contribution in [0, 0.1) is 24.0 Å². The van der Waals surface area contributed by atoms with E-state index in [4.69, 9.17) is 25.5 Å². The number of carbonyl (C=O) groups excluding carboxylic acids is 1. The van der Waals surface area contributed by atoms with E-state index in [-0.39, 0.29) is 29.5 Å². The van der Waals surface area contributed by atoms with E-state index in [1.807, 2.05) is 32.0 Å². The van der Waals surface area contributed by atoms with Crippen molar-refractivity contribution in [2.24, 2.45) is 0 Å². The first-order chi connectivity index (χ1) is 16.8. The number of non-ortho nitro benzene ring substituents is 1. The second-order valence-corrected chi connectivity index (χ2v) is 8.25. The molecule has 8 nitrogen and oxygen atoms in total. The lowest BCUT2D eigenvalue weighted by molar-refractivity contribution is -0.384. The summed E-state index contributed by atoms with van der Waals surface area (Å²) in [6.45, 7) is 3.89. The van der Waals surface area contributed by atoms with E-state index >= 15 is 0 Å². The Morgan fingerprint density at radius 3 is 2.63 bits per heavy atom. The van der Waals surface area contributed by atoms with Gasteiger partial charge in [-0.15, -0.1) is 0 Å². The number of nitrogens with one attached hydrogen (secondary N) is 1. The third-order valence-electron chi connectivity index (χ3n) is 4.99. The highest BCUT2D eigenvalue weighted by atomic mass is 35.5. The number of rotatable bonds is 8. The number of anilines is 1. The zero-order valence-corrected chi connectivity index (χ0v) is 19.7. The Balaban J connectivity index is 1.48.